The summed E-state index contributed by atoms with van der Waals surface area (Å²) in [5, 5.41) is 2.82. The Morgan fingerprint density at radius 3 is 2.55 bits per heavy atom. The summed E-state index contributed by atoms with van der Waals surface area (Å²) in [5.74, 6) is -0.736. The molecule has 1 saturated carbocycles. The molecule has 0 bridgehead atoms. The van der Waals surface area contributed by atoms with E-state index in [2.05, 4.69) is 5.32 Å². The number of carbonyl (C=O) groups is 3. The fourth-order valence-corrected chi connectivity index (χ4v) is 6.75. The van der Waals surface area contributed by atoms with E-state index in [1.807, 2.05) is 0 Å². The van der Waals surface area contributed by atoms with Gasteiger partial charge in [-0.1, -0.05) is 19.3 Å². The van der Waals surface area contributed by atoms with Crippen molar-refractivity contribution in [2.75, 3.05) is 31.2 Å². The van der Waals surface area contributed by atoms with Gasteiger partial charge in [0.05, 0.1) is 17.6 Å². The predicted octanol–water partition coefficient (Wildman–Crippen LogP) is 0.436. The normalized spacial score (nSPS) is 30.7. The molecule has 2 atom stereocenters. The van der Waals surface area contributed by atoms with E-state index in [0.29, 0.717) is 32.4 Å². The van der Waals surface area contributed by atoms with Gasteiger partial charge in [-0.25, -0.2) is 13.2 Å². The number of carbonyl (C=O) groups excluding carboxylic acids is 3. The van der Waals surface area contributed by atoms with Crippen molar-refractivity contribution in [1.29, 1.82) is 0 Å². The molecule has 162 valence electrons. The van der Waals surface area contributed by atoms with Gasteiger partial charge >= 0.3 is 6.03 Å². The van der Waals surface area contributed by atoms with Crippen LogP contribution in [0.4, 0.5) is 4.79 Å². The molecule has 0 aromatic heterocycles. The zero-order chi connectivity index (χ0) is 20.6. The molecule has 4 aliphatic rings. The van der Waals surface area contributed by atoms with Crippen LogP contribution in [0.5, 0.6) is 0 Å². The Labute approximate surface area is 171 Å². The molecule has 4 rings (SSSR count). The molecule has 4 fully saturated rings. The average Bonchev–Trinajstić information content (AvgIpc) is 3.37. The summed E-state index contributed by atoms with van der Waals surface area (Å²) in [5.41, 5.74) is -0.869. The number of urea groups is 1. The molecule has 29 heavy (non-hydrogen) atoms. The number of imide groups is 1. The zero-order valence-electron chi connectivity index (χ0n) is 16.6. The number of rotatable bonds is 5. The second-order valence-corrected chi connectivity index (χ2v) is 10.9. The molecule has 3 saturated heterocycles. The fourth-order valence-electron chi connectivity index (χ4n) is 5.02. The van der Waals surface area contributed by atoms with Crippen LogP contribution in [0, 0.1) is 0 Å². The number of sulfone groups is 1. The molecule has 0 aromatic carbocycles. The van der Waals surface area contributed by atoms with E-state index in [1.54, 1.807) is 0 Å². The van der Waals surface area contributed by atoms with Crippen LogP contribution in [0.15, 0.2) is 0 Å². The molecular weight excluding hydrogens is 398 g/mol. The first-order valence-electron chi connectivity index (χ1n) is 10.6. The lowest BCUT2D eigenvalue weighted by atomic mass is 9.82. The monoisotopic (exact) mass is 427 g/mol. The number of nitrogens with zero attached hydrogens (tertiary/aromatic N) is 2. The lowest BCUT2D eigenvalue weighted by Crippen LogP contribution is -2.51. The van der Waals surface area contributed by atoms with E-state index in [4.69, 9.17) is 4.74 Å². The van der Waals surface area contributed by atoms with Gasteiger partial charge in [-0.3, -0.25) is 14.5 Å². The molecule has 3 aliphatic heterocycles. The summed E-state index contributed by atoms with van der Waals surface area (Å²) in [7, 11) is -3.17. The molecule has 0 aromatic rings. The van der Waals surface area contributed by atoms with Crippen LogP contribution in [0.2, 0.25) is 0 Å². The number of hydrogen-bond acceptors (Lipinski definition) is 6. The number of ether oxygens (including phenoxy) is 1. The molecule has 9 nitrogen and oxygen atoms in total. The SMILES string of the molecule is O=C1NC2(CCCCC2)C(=O)N1CC(=O)N(C[C@@H]1CCCO1)[C@@H]1CCS(=O)(=O)C1. The van der Waals surface area contributed by atoms with E-state index in [-0.39, 0.29) is 36.0 Å². The standard InChI is InChI=1S/C19H29N3O6S/c23-16(12-22-17(24)19(20-18(22)25)7-2-1-3-8-19)21(11-15-5-4-9-28-15)14-6-10-29(26,27)13-14/h14-15H,1-13H2,(H,20,25)/t14-,15+/m1/s1. The lowest BCUT2D eigenvalue weighted by molar-refractivity contribution is -0.141. The number of amides is 4. The maximum atomic E-state index is 13.1. The van der Waals surface area contributed by atoms with Gasteiger partial charge in [-0.2, -0.15) is 0 Å². The van der Waals surface area contributed by atoms with Gasteiger partial charge in [0.2, 0.25) is 5.91 Å². The van der Waals surface area contributed by atoms with E-state index in [0.717, 1.165) is 37.0 Å². The Morgan fingerprint density at radius 1 is 1.17 bits per heavy atom. The summed E-state index contributed by atoms with van der Waals surface area (Å²) in [6.07, 6.45) is 5.96. The van der Waals surface area contributed by atoms with Crippen molar-refractivity contribution >= 4 is 27.7 Å². The molecule has 1 N–H and O–H groups in total. The van der Waals surface area contributed by atoms with Crippen LogP contribution >= 0.6 is 0 Å². The fraction of sp³-hybridized carbons (Fsp3) is 0.842. The number of nitrogens with one attached hydrogen (secondary N) is 1. The predicted molar refractivity (Wildman–Crippen MR) is 104 cm³/mol. The van der Waals surface area contributed by atoms with Crippen molar-refractivity contribution in [2.45, 2.75) is 69.1 Å². The third-order valence-electron chi connectivity index (χ3n) is 6.64. The smallest absolute Gasteiger partial charge is 0.325 e. The average molecular weight is 428 g/mol. The Bertz CT molecular complexity index is 786. The minimum Gasteiger partial charge on any atom is -0.376 e. The second kappa shape index (κ2) is 7.86. The molecule has 1 spiro atoms. The zero-order valence-corrected chi connectivity index (χ0v) is 17.4. The topological polar surface area (TPSA) is 113 Å². The third kappa shape index (κ3) is 4.14. The van der Waals surface area contributed by atoms with Crippen molar-refractivity contribution in [2.24, 2.45) is 0 Å². The van der Waals surface area contributed by atoms with Gasteiger partial charge in [0, 0.05) is 19.2 Å². The first-order valence-corrected chi connectivity index (χ1v) is 12.4. The molecule has 4 amide bonds. The van der Waals surface area contributed by atoms with Crippen molar-refractivity contribution in [1.82, 2.24) is 15.1 Å². The summed E-state index contributed by atoms with van der Waals surface area (Å²) >= 11 is 0. The highest BCUT2D eigenvalue weighted by atomic mass is 32.2. The maximum Gasteiger partial charge on any atom is 0.325 e. The first kappa shape index (κ1) is 20.6. The Hall–Kier alpha value is -1.68. The number of hydrogen-bond donors (Lipinski definition) is 1. The van der Waals surface area contributed by atoms with E-state index in [1.165, 1.54) is 4.90 Å². The summed E-state index contributed by atoms with van der Waals surface area (Å²) < 4.78 is 29.6. The van der Waals surface area contributed by atoms with Crippen LogP contribution < -0.4 is 5.32 Å². The highest BCUT2D eigenvalue weighted by molar-refractivity contribution is 7.91. The molecule has 1 aliphatic carbocycles. The summed E-state index contributed by atoms with van der Waals surface area (Å²) in [6, 6.07) is -0.956. The Morgan fingerprint density at radius 2 is 1.93 bits per heavy atom. The minimum absolute atomic E-state index is 0.0548. The van der Waals surface area contributed by atoms with Gasteiger partial charge in [0.25, 0.3) is 5.91 Å². The van der Waals surface area contributed by atoms with Crippen LogP contribution in [0.1, 0.15) is 51.4 Å². The Balaban J connectivity index is 1.48. The van der Waals surface area contributed by atoms with Gasteiger partial charge in [0.15, 0.2) is 9.84 Å². The summed E-state index contributed by atoms with van der Waals surface area (Å²) in [6.45, 7) is 0.578. The molecule has 10 heteroatoms. The molecule has 0 unspecified atom stereocenters. The van der Waals surface area contributed by atoms with Crippen molar-refractivity contribution < 1.29 is 27.5 Å². The van der Waals surface area contributed by atoms with Crippen molar-refractivity contribution in [3.05, 3.63) is 0 Å². The highest BCUT2D eigenvalue weighted by Crippen LogP contribution is 2.33. The molecular formula is C19H29N3O6S. The van der Waals surface area contributed by atoms with Crippen molar-refractivity contribution in [3.8, 4) is 0 Å². The van der Waals surface area contributed by atoms with E-state index in [9.17, 15) is 22.8 Å². The van der Waals surface area contributed by atoms with Gasteiger partial charge < -0.3 is 15.0 Å². The second-order valence-electron chi connectivity index (χ2n) is 8.70. The van der Waals surface area contributed by atoms with Crippen molar-refractivity contribution in [3.63, 3.8) is 0 Å². The minimum atomic E-state index is -3.17. The maximum absolute atomic E-state index is 13.1. The van der Waals surface area contributed by atoms with Crippen LogP contribution in [-0.4, -0.2) is 84.9 Å². The van der Waals surface area contributed by atoms with E-state index < -0.39 is 27.4 Å². The highest BCUT2D eigenvalue weighted by Gasteiger charge is 2.52. The quantitative estimate of drug-likeness (QED) is 0.637. The van der Waals surface area contributed by atoms with Crippen LogP contribution in [0.25, 0.3) is 0 Å². The summed E-state index contributed by atoms with van der Waals surface area (Å²) in [4.78, 5) is 41.2. The first-order chi connectivity index (χ1) is 13.8. The molecule has 0 radical (unpaired) electrons. The van der Waals surface area contributed by atoms with Gasteiger partial charge in [-0.15, -0.1) is 0 Å². The van der Waals surface area contributed by atoms with Gasteiger partial charge in [0.1, 0.15) is 12.1 Å². The van der Waals surface area contributed by atoms with Crippen LogP contribution in [-0.2, 0) is 24.2 Å². The van der Waals surface area contributed by atoms with Crippen LogP contribution in [0.3, 0.4) is 0 Å². The van der Waals surface area contributed by atoms with Gasteiger partial charge in [-0.05, 0) is 32.1 Å². The van der Waals surface area contributed by atoms with E-state index >= 15 is 0 Å². The largest absolute Gasteiger partial charge is 0.376 e. The molecule has 3 heterocycles. The third-order valence-corrected chi connectivity index (χ3v) is 8.39. The lowest BCUT2D eigenvalue weighted by Gasteiger charge is -2.32. The Kier molecular flexibility index (Phi) is 5.58.